The van der Waals surface area contributed by atoms with Gasteiger partial charge in [0.1, 0.15) is 0 Å². The van der Waals surface area contributed by atoms with Crippen molar-refractivity contribution in [3.63, 3.8) is 0 Å². The maximum Gasteiger partial charge on any atom is 0.416 e. The first-order valence-corrected chi connectivity index (χ1v) is 6.10. The molecule has 0 unspecified atom stereocenters. The minimum Gasteiger partial charge on any atom is -0.324 e. The Morgan fingerprint density at radius 1 is 0.952 bits per heavy atom. The molecule has 0 saturated carbocycles. The van der Waals surface area contributed by atoms with Crippen LogP contribution < -0.4 is 5.73 Å². The van der Waals surface area contributed by atoms with Crippen molar-refractivity contribution in [2.75, 3.05) is 0 Å². The molecular formula is C13H16ClF6N. The maximum absolute atomic E-state index is 12.6. The summed E-state index contributed by atoms with van der Waals surface area (Å²) in [5.41, 5.74) is 2.88. The normalized spacial score (nSPS) is 13.7. The lowest BCUT2D eigenvalue weighted by Gasteiger charge is -2.17. The third-order valence-electron chi connectivity index (χ3n) is 2.91. The van der Waals surface area contributed by atoms with Crippen molar-refractivity contribution in [1.29, 1.82) is 0 Å². The molecule has 1 atom stereocenters. The molecule has 0 aliphatic heterocycles. The molecule has 0 amide bonds. The summed E-state index contributed by atoms with van der Waals surface area (Å²) in [5, 5.41) is 0. The van der Waals surface area contributed by atoms with Crippen LogP contribution in [0.25, 0.3) is 0 Å². The molecule has 1 aromatic carbocycles. The van der Waals surface area contributed by atoms with Crippen molar-refractivity contribution in [3.8, 4) is 0 Å². The highest BCUT2D eigenvalue weighted by Gasteiger charge is 2.37. The second-order valence-corrected chi connectivity index (χ2v) is 4.59. The Hall–Kier alpha value is -0.950. The Bertz CT molecular complexity index is 423. The summed E-state index contributed by atoms with van der Waals surface area (Å²) < 4.78 is 75.9. The number of alkyl halides is 6. The van der Waals surface area contributed by atoms with Crippen molar-refractivity contribution in [2.45, 2.75) is 44.6 Å². The van der Waals surface area contributed by atoms with Crippen LogP contribution in [0.3, 0.4) is 0 Å². The molecule has 8 heteroatoms. The van der Waals surface area contributed by atoms with Crippen LogP contribution in [-0.4, -0.2) is 0 Å². The van der Waals surface area contributed by atoms with Crippen molar-refractivity contribution in [2.24, 2.45) is 5.73 Å². The third-order valence-corrected chi connectivity index (χ3v) is 2.91. The quantitative estimate of drug-likeness (QED) is 0.739. The van der Waals surface area contributed by atoms with E-state index in [1.807, 2.05) is 6.92 Å². The summed E-state index contributed by atoms with van der Waals surface area (Å²) in [6, 6.07) is 0.652. The van der Waals surface area contributed by atoms with E-state index in [9.17, 15) is 26.3 Å². The predicted octanol–water partition coefficient (Wildman–Crippen LogP) is 5.34. The van der Waals surface area contributed by atoms with Crippen molar-refractivity contribution in [3.05, 3.63) is 34.9 Å². The van der Waals surface area contributed by atoms with Crippen molar-refractivity contribution in [1.82, 2.24) is 0 Å². The Morgan fingerprint density at radius 3 is 1.71 bits per heavy atom. The van der Waals surface area contributed by atoms with E-state index in [0.29, 0.717) is 25.0 Å². The molecule has 0 saturated heterocycles. The predicted molar refractivity (Wildman–Crippen MR) is 70.1 cm³/mol. The molecule has 0 heterocycles. The molecular weight excluding hydrogens is 320 g/mol. The molecule has 0 bridgehead atoms. The summed E-state index contributed by atoms with van der Waals surface area (Å²) in [6.07, 6.45) is -7.92. The zero-order valence-corrected chi connectivity index (χ0v) is 12.0. The number of halogens is 7. The number of hydrogen-bond donors (Lipinski definition) is 1. The average molecular weight is 336 g/mol. The Kier molecular flexibility index (Phi) is 7.02. The van der Waals surface area contributed by atoms with Gasteiger partial charge in [0, 0.05) is 6.04 Å². The van der Waals surface area contributed by atoms with Gasteiger partial charge in [-0.15, -0.1) is 12.4 Å². The van der Waals surface area contributed by atoms with Gasteiger partial charge in [-0.25, -0.2) is 0 Å². The number of unbranched alkanes of at least 4 members (excludes halogenated alkanes) is 1. The lowest BCUT2D eigenvalue weighted by atomic mass is 9.97. The van der Waals surface area contributed by atoms with Gasteiger partial charge in [-0.05, 0) is 30.2 Å². The Labute approximate surface area is 124 Å². The summed E-state index contributed by atoms with van der Waals surface area (Å²) in [6.45, 7) is 1.86. The molecule has 0 aliphatic rings. The number of benzene rings is 1. The second kappa shape index (κ2) is 7.35. The van der Waals surface area contributed by atoms with Crippen LogP contribution >= 0.6 is 12.4 Å². The fourth-order valence-electron chi connectivity index (χ4n) is 1.78. The Morgan fingerprint density at radius 2 is 1.38 bits per heavy atom. The molecule has 0 fully saturated rings. The van der Waals surface area contributed by atoms with E-state index in [0.717, 1.165) is 6.42 Å². The first kappa shape index (κ1) is 20.1. The van der Waals surface area contributed by atoms with Crippen LogP contribution in [0.2, 0.25) is 0 Å². The average Bonchev–Trinajstić information content (AvgIpc) is 2.33. The molecule has 0 aromatic heterocycles. The SMILES string of the molecule is CCCC[C@@H](N)c1cc(C(F)(F)F)cc(C(F)(F)F)c1.Cl. The topological polar surface area (TPSA) is 26.0 Å². The van der Waals surface area contributed by atoms with Gasteiger partial charge >= 0.3 is 12.4 Å². The molecule has 0 aliphatic carbocycles. The van der Waals surface area contributed by atoms with Gasteiger partial charge in [0.05, 0.1) is 11.1 Å². The van der Waals surface area contributed by atoms with E-state index in [1.54, 1.807) is 0 Å². The van der Waals surface area contributed by atoms with Crippen molar-refractivity contribution >= 4 is 12.4 Å². The van der Waals surface area contributed by atoms with Crippen LogP contribution in [0.4, 0.5) is 26.3 Å². The van der Waals surface area contributed by atoms with E-state index < -0.39 is 29.5 Å². The van der Waals surface area contributed by atoms with Crippen molar-refractivity contribution < 1.29 is 26.3 Å². The number of nitrogens with two attached hydrogens (primary N) is 1. The summed E-state index contributed by atoms with van der Waals surface area (Å²) in [4.78, 5) is 0. The molecule has 1 rings (SSSR count). The highest BCUT2D eigenvalue weighted by Crippen LogP contribution is 2.37. The van der Waals surface area contributed by atoms with Gasteiger partial charge in [0.2, 0.25) is 0 Å². The standard InChI is InChI=1S/C13H15F6N.ClH/c1-2-3-4-11(20)8-5-9(12(14,15)16)7-10(6-8)13(17,18)19;/h5-7,11H,2-4,20H2,1H3;1H/t11-;/m1./s1. The molecule has 122 valence electrons. The third kappa shape index (κ3) is 5.74. The van der Waals surface area contributed by atoms with Crippen LogP contribution in [0, 0.1) is 0 Å². The van der Waals surface area contributed by atoms with Gasteiger partial charge in [-0.2, -0.15) is 26.3 Å². The van der Waals surface area contributed by atoms with E-state index in [1.165, 1.54) is 0 Å². The second-order valence-electron chi connectivity index (χ2n) is 4.59. The summed E-state index contributed by atoms with van der Waals surface area (Å²) in [5.74, 6) is 0. The smallest absolute Gasteiger partial charge is 0.324 e. The first-order chi connectivity index (χ1) is 9.05. The highest BCUT2D eigenvalue weighted by atomic mass is 35.5. The van der Waals surface area contributed by atoms with E-state index in [2.05, 4.69) is 0 Å². The number of hydrogen-bond acceptors (Lipinski definition) is 1. The fraction of sp³-hybridized carbons (Fsp3) is 0.538. The summed E-state index contributed by atoms with van der Waals surface area (Å²) in [7, 11) is 0. The molecule has 21 heavy (non-hydrogen) atoms. The van der Waals surface area contributed by atoms with Crippen LogP contribution in [0.5, 0.6) is 0 Å². The zero-order chi connectivity index (χ0) is 15.6. The van der Waals surface area contributed by atoms with Gasteiger partial charge in [-0.3, -0.25) is 0 Å². The highest BCUT2D eigenvalue weighted by molar-refractivity contribution is 5.85. The molecule has 0 radical (unpaired) electrons. The molecule has 0 spiro atoms. The molecule has 1 nitrogen and oxygen atoms in total. The van der Waals surface area contributed by atoms with E-state index in [4.69, 9.17) is 5.73 Å². The minimum absolute atomic E-state index is 0. The van der Waals surface area contributed by atoms with Gasteiger partial charge < -0.3 is 5.73 Å². The van der Waals surface area contributed by atoms with E-state index >= 15 is 0 Å². The monoisotopic (exact) mass is 335 g/mol. The lowest BCUT2D eigenvalue weighted by Crippen LogP contribution is -2.16. The largest absolute Gasteiger partial charge is 0.416 e. The molecule has 1 aromatic rings. The maximum atomic E-state index is 12.6. The van der Waals surface area contributed by atoms with Crippen LogP contribution in [-0.2, 0) is 12.4 Å². The van der Waals surface area contributed by atoms with Gasteiger partial charge in [-0.1, -0.05) is 19.8 Å². The Balaban J connectivity index is 0.00000400. The van der Waals surface area contributed by atoms with Gasteiger partial charge in [0.25, 0.3) is 0 Å². The molecule has 2 N–H and O–H groups in total. The van der Waals surface area contributed by atoms with Crippen LogP contribution in [0.1, 0.15) is 48.9 Å². The van der Waals surface area contributed by atoms with E-state index in [-0.39, 0.29) is 24.0 Å². The first-order valence-electron chi connectivity index (χ1n) is 6.10. The fourth-order valence-corrected chi connectivity index (χ4v) is 1.78. The minimum atomic E-state index is -4.83. The lowest BCUT2D eigenvalue weighted by molar-refractivity contribution is -0.143. The number of rotatable bonds is 4. The van der Waals surface area contributed by atoms with Gasteiger partial charge in [0.15, 0.2) is 0 Å². The summed E-state index contributed by atoms with van der Waals surface area (Å²) >= 11 is 0. The van der Waals surface area contributed by atoms with Crippen LogP contribution in [0.15, 0.2) is 18.2 Å². The zero-order valence-electron chi connectivity index (χ0n) is 11.2.